The van der Waals surface area contributed by atoms with Crippen LogP contribution in [0.4, 0.5) is 17.1 Å². The summed E-state index contributed by atoms with van der Waals surface area (Å²) in [5, 5.41) is 21.4. The third kappa shape index (κ3) is 3.90. The van der Waals surface area contributed by atoms with E-state index in [0.29, 0.717) is 5.69 Å². The van der Waals surface area contributed by atoms with Crippen molar-refractivity contribution in [3.8, 4) is 5.75 Å². The Bertz CT molecular complexity index is 1210. The van der Waals surface area contributed by atoms with Gasteiger partial charge in [0.25, 0.3) is 10.1 Å². The maximum Gasteiger partial charge on any atom is 0.296 e. The molecule has 1 amide bonds. The summed E-state index contributed by atoms with van der Waals surface area (Å²) in [5.74, 6) is -1.07. The van der Waals surface area contributed by atoms with Crippen LogP contribution in [0.5, 0.6) is 5.75 Å². The molecule has 0 heterocycles. The first-order chi connectivity index (χ1) is 13.3. The second-order valence-electron chi connectivity index (χ2n) is 5.68. The molecule has 0 aliphatic rings. The number of hydrogen-bond acceptors (Lipinski definition) is 6. The first-order valence-corrected chi connectivity index (χ1v) is 9.41. The molecule has 0 spiro atoms. The number of anilines is 1. The van der Waals surface area contributed by atoms with Crippen LogP contribution in [0.15, 0.2) is 82.4 Å². The predicted molar refractivity (Wildman–Crippen MR) is 105 cm³/mol. The van der Waals surface area contributed by atoms with Crippen LogP contribution in [0.25, 0.3) is 10.8 Å². The summed E-state index contributed by atoms with van der Waals surface area (Å²) < 4.78 is 33.2. The molecule has 3 N–H and O–H groups in total. The van der Waals surface area contributed by atoms with Gasteiger partial charge in [-0.15, -0.1) is 5.11 Å². The minimum atomic E-state index is -4.71. The highest BCUT2D eigenvalue weighted by molar-refractivity contribution is 7.86. The van der Waals surface area contributed by atoms with E-state index in [9.17, 15) is 22.9 Å². The third-order valence-corrected chi connectivity index (χ3v) is 4.69. The fourth-order valence-corrected chi connectivity index (χ4v) is 3.24. The number of aromatic hydroxyl groups is 1. The van der Waals surface area contributed by atoms with Gasteiger partial charge in [-0.05, 0) is 35.7 Å². The van der Waals surface area contributed by atoms with Gasteiger partial charge in [-0.25, -0.2) is 0 Å². The Morgan fingerprint density at radius 3 is 2.43 bits per heavy atom. The quantitative estimate of drug-likeness (QED) is 0.335. The molecule has 3 rings (SSSR count). The van der Waals surface area contributed by atoms with Crippen molar-refractivity contribution in [1.82, 2.24) is 0 Å². The molecule has 0 saturated carbocycles. The van der Waals surface area contributed by atoms with Gasteiger partial charge in [-0.3, -0.25) is 9.35 Å². The number of nitrogens with one attached hydrogen (secondary N) is 1. The van der Waals surface area contributed by atoms with E-state index < -0.39 is 32.4 Å². The standard InChI is InChI=1S/C19H15N3O5S/c1-2-16(23)20-14-10-6-7-12-11-15(28(25,26)27)18(19(24)17(12)14)22-21-13-8-4-3-5-9-13/h2-11,24H,1H2,(H,20,23)(H,25,26,27). The molecule has 0 aliphatic carbocycles. The summed E-state index contributed by atoms with van der Waals surface area (Å²) in [6.07, 6.45) is 1.05. The fraction of sp³-hybridized carbons (Fsp3) is 0. The average Bonchev–Trinajstić information content (AvgIpc) is 2.67. The third-order valence-electron chi connectivity index (χ3n) is 3.82. The van der Waals surface area contributed by atoms with Crippen LogP contribution in [0.2, 0.25) is 0 Å². The number of phenolic OH excluding ortho intramolecular Hbond substituents is 1. The largest absolute Gasteiger partial charge is 0.505 e. The number of rotatable bonds is 5. The van der Waals surface area contributed by atoms with Crippen molar-refractivity contribution in [2.24, 2.45) is 10.2 Å². The molecule has 142 valence electrons. The van der Waals surface area contributed by atoms with Crippen LogP contribution in [0.1, 0.15) is 0 Å². The molecule has 0 aliphatic heterocycles. The van der Waals surface area contributed by atoms with E-state index in [1.54, 1.807) is 36.4 Å². The molecule has 3 aromatic rings. The monoisotopic (exact) mass is 397 g/mol. The van der Waals surface area contributed by atoms with E-state index in [4.69, 9.17) is 0 Å². The minimum absolute atomic E-state index is 0.145. The second-order valence-corrected chi connectivity index (χ2v) is 7.07. The molecule has 0 aromatic heterocycles. The molecule has 9 heteroatoms. The Morgan fingerprint density at radius 1 is 1.07 bits per heavy atom. The van der Waals surface area contributed by atoms with Crippen molar-refractivity contribution < 1.29 is 22.9 Å². The zero-order valence-electron chi connectivity index (χ0n) is 14.4. The lowest BCUT2D eigenvalue weighted by molar-refractivity contribution is -0.111. The Kier molecular flexibility index (Phi) is 5.21. The van der Waals surface area contributed by atoms with E-state index in [0.717, 1.165) is 12.1 Å². The van der Waals surface area contributed by atoms with Gasteiger partial charge in [0.05, 0.1) is 11.4 Å². The molecule has 28 heavy (non-hydrogen) atoms. The van der Waals surface area contributed by atoms with E-state index in [1.807, 2.05) is 0 Å². The number of benzene rings is 3. The van der Waals surface area contributed by atoms with Crippen molar-refractivity contribution >= 4 is 43.9 Å². The highest BCUT2D eigenvalue weighted by atomic mass is 32.2. The number of amides is 1. The van der Waals surface area contributed by atoms with Crippen molar-refractivity contribution in [1.29, 1.82) is 0 Å². The zero-order valence-corrected chi connectivity index (χ0v) is 15.2. The molecule has 0 atom stereocenters. The van der Waals surface area contributed by atoms with Crippen molar-refractivity contribution in [2.75, 3.05) is 5.32 Å². The van der Waals surface area contributed by atoms with Crippen LogP contribution in [-0.4, -0.2) is 24.0 Å². The molecule has 0 bridgehead atoms. The Morgan fingerprint density at radius 2 is 1.79 bits per heavy atom. The normalized spacial score (nSPS) is 11.6. The maximum atomic E-state index is 11.8. The highest BCUT2D eigenvalue weighted by Crippen LogP contribution is 2.44. The number of carbonyl (C=O) groups excluding carboxylic acids is 1. The van der Waals surface area contributed by atoms with Gasteiger partial charge >= 0.3 is 0 Å². The first-order valence-electron chi connectivity index (χ1n) is 7.97. The minimum Gasteiger partial charge on any atom is -0.505 e. The lowest BCUT2D eigenvalue weighted by Gasteiger charge is -2.12. The summed E-state index contributed by atoms with van der Waals surface area (Å²) in [4.78, 5) is 11.1. The predicted octanol–water partition coefficient (Wildman–Crippen LogP) is 4.33. The number of hydrogen-bond donors (Lipinski definition) is 3. The van der Waals surface area contributed by atoms with Gasteiger partial charge in [0.1, 0.15) is 10.6 Å². The van der Waals surface area contributed by atoms with Crippen LogP contribution in [0, 0.1) is 0 Å². The van der Waals surface area contributed by atoms with Gasteiger partial charge in [0.2, 0.25) is 5.91 Å². The number of carbonyl (C=O) groups is 1. The van der Waals surface area contributed by atoms with Gasteiger partial charge in [-0.1, -0.05) is 36.9 Å². The maximum absolute atomic E-state index is 11.8. The summed E-state index contributed by atoms with van der Waals surface area (Å²) in [7, 11) is -4.71. The van der Waals surface area contributed by atoms with Gasteiger partial charge in [0, 0.05) is 5.39 Å². The summed E-state index contributed by atoms with van der Waals surface area (Å²) >= 11 is 0. The van der Waals surface area contributed by atoms with E-state index in [1.165, 1.54) is 12.1 Å². The number of fused-ring (bicyclic) bond motifs is 1. The van der Waals surface area contributed by atoms with Gasteiger partial charge in [0.15, 0.2) is 5.75 Å². The molecular formula is C19H15N3O5S. The molecule has 0 unspecified atom stereocenters. The summed E-state index contributed by atoms with van der Waals surface area (Å²) in [6, 6.07) is 14.2. The lowest BCUT2D eigenvalue weighted by Crippen LogP contribution is -2.08. The van der Waals surface area contributed by atoms with Crippen LogP contribution in [0.3, 0.4) is 0 Å². The summed E-state index contributed by atoms with van der Waals surface area (Å²) in [5.41, 5.74) is 0.189. The topological polar surface area (TPSA) is 128 Å². The van der Waals surface area contributed by atoms with Gasteiger partial charge in [-0.2, -0.15) is 13.5 Å². The average molecular weight is 397 g/mol. The second kappa shape index (κ2) is 7.59. The van der Waals surface area contributed by atoms with E-state index >= 15 is 0 Å². The molecular weight excluding hydrogens is 382 g/mol. The number of phenols is 1. The van der Waals surface area contributed by atoms with Crippen LogP contribution < -0.4 is 5.32 Å². The number of nitrogens with zero attached hydrogens (tertiary/aromatic N) is 2. The van der Waals surface area contributed by atoms with Crippen molar-refractivity contribution in [3.63, 3.8) is 0 Å². The molecule has 0 saturated heterocycles. The van der Waals surface area contributed by atoms with E-state index in [-0.39, 0.29) is 16.5 Å². The fourth-order valence-electron chi connectivity index (χ4n) is 2.58. The lowest BCUT2D eigenvalue weighted by atomic mass is 10.1. The van der Waals surface area contributed by atoms with E-state index in [2.05, 4.69) is 22.1 Å². The van der Waals surface area contributed by atoms with Gasteiger partial charge < -0.3 is 10.4 Å². The summed E-state index contributed by atoms with van der Waals surface area (Å²) in [6.45, 7) is 3.37. The van der Waals surface area contributed by atoms with Crippen molar-refractivity contribution in [3.05, 3.63) is 67.3 Å². The Labute approximate surface area is 160 Å². The van der Waals surface area contributed by atoms with Crippen molar-refractivity contribution in [2.45, 2.75) is 4.90 Å². The Hall–Kier alpha value is -3.56. The van der Waals surface area contributed by atoms with Crippen LogP contribution >= 0.6 is 0 Å². The first kappa shape index (κ1) is 19.2. The number of azo groups is 1. The highest BCUT2D eigenvalue weighted by Gasteiger charge is 2.23. The Balaban J connectivity index is 2.28. The molecule has 3 aromatic carbocycles. The smallest absolute Gasteiger partial charge is 0.296 e. The molecule has 8 nitrogen and oxygen atoms in total. The van der Waals surface area contributed by atoms with Crippen LogP contribution in [-0.2, 0) is 14.9 Å². The zero-order chi connectivity index (χ0) is 20.3. The molecule has 0 radical (unpaired) electrons. The SMILES string of the molecule is C=CC(=O)Nc1cccc2cc(S(=O)(=O)O)c(N=Nc3ccccc3)c(O)c12. The molecule has 0 fully saturated rings.